The Hall–Kier alpha value is -1.42. The van der Waals surface area contributed by atoms with E-state index in [0.717, 1.165) is 38.8 Å². The van der Waals surface area contributed by atoms with Crippen molar-refractivity contribution in [2.75, 3.05) is 13.2 Å². The number of amides is 1. The summed E-state index contributed by atoms with van der Waals surface area (Å²) < 4.78 is 19.7. The predicted molar refractivity (Wildman–Crippen MR) is 82.8 cm³/mol. The minimum absolute atomic E-state index is 0.117. The quantitative estimate of drug-likeness (QED) is 0.849. The van der Waals surface area contributed by atoms with Crippen molar-refractivity contribution in [2.24, 2.45) is 5.92 Å². The van der Waals surface area contributed by atoms with E-state index in [-0.39, 0.29) is 23.9 Å². The number of rotatable bonds is 4. The first kappa shape index (κ1) is 15.5. The van der Waals surface area contributed by atoms with Crippen LogP contribution in [-0.4, -0.2) is 30.1 Å². The number of benzene rings is 1. The zero-order valence-electron chi connectivity index (χ0n) is 13.1. The Balaban J connectivity index is 1.67. The molecule has 2 saturated heterocycles. The van der Waals surface area contributed by atoms with Gasteiger partial charge < -0.3 is 9.64 Å². The normalized spacial score (nSPS) is 28.3. The third-order valence-corrected chi connectivity index (χ3v) is 4.80. The number of hydrogen-bond donors (Lipinski definition) is 0. The van der Waals surface area contributed by atoms with Crippen LogP contribution < -0.4 is 0 Å². The van der Waals surface area contributed by atoms with Crippen LogP contribution >= 0.6 is 0 Å². The van der Waals surface area contributed by atoms with Crippen LogP contribution in [0.15, 0.2) is 24.3 Å². The first-order valence-corrected chi connectivity index (χ1v) is 8.30. The van der Waals surface area contributed by atoms with Gasteiger partial charge in [-0.1, -0.05) is 25.1 Å². The zero-order valence-corrected chi connectivity index (χ0v) is 13.1. The van der Waals surface area contributed by atoms with E-state index < -0.39 is 0 Å². The lowest BCUT2D eigenvalue weighted by atomic mass is 10.00. The minimum Gasteiger partial charge on any atom is -0.378 e. The summed E-state index contributed by atoms with van der Waals surface area (Å²) in [5, 5.41) is 0. The van der Waals surface area contributed by atoms with Gasteiger partial charge in [0.1, 0.15) is 5.82 Å². The summed E-state index contributed by atoms with van der Waals surface area (Å²) in [6.45, 7) is 3.67. The molecule has 2 heterocycles. The monoisotopic (exact) mass is 305 g/mol. The Bertz CT molecular complexity index is 528. The average molecular weight is 305 g/mol. The van der Waals surface area contributed by atoms with Gasteiger partial charge in [0.05, 0.1) is 12.1 Å². The molecule has 0 N–H and O–H groups in total. The lowest BCUT2D eigenvalue weighted by Gasteiger charge is -2.26. The molecule has 0 aliphatic carbocycles. The van der Waals surface area contributed by atoms with E-state index >= 15 is 0 Å². The Morgan fingerprint density at radius 3 is 2.95 bits per heavy atom. The maximum Gasteiger partial charge on any atom is 0.223 e. The Morgan fingerprint density at radius 1 is 1.41 bits per heavy atom. The minimum atomic E-state index is -0.210. The van der Waals surface area contributed by atoms with Crippen molar-refractivity contribution in [1.29, 1.82) is 0 Å². The molecule has 2 fully saturated rings. The van der Waals surface area contributed by atoms with Crippen LogP contribution in [0, 0.1) is 11.7 Å². The number of ether oxygens (including phenoxy) is 1. The first-order valence-electron chi connectivity index (χ1n) is 8.30. The topological polar surface area (TPSA) is 29.5 Å². The van der Waals surface area contributed by atoms with Gasteiger partial charge in [0.25, 0.3) is 0 Å². The second kappa shape index (κ2) is 6.78. The molecule has 22 heavy (non-hydrogen) atoms. The van der Waals surface area contributed by atoms with Crippen molar-refractivity contribution < 1.29 is 13.9 Å². The van der Waals surface area contributed by atoms with Gasteiger partial charge in [-0.15, -0.1) is 0 Å². The molecule has 3 nitrogen and oxygen atoms in total. The van der Waals surface area contributed by atoms with E-state index in [0.29, 0.717) is 17.9 Å². The van der Waals surface area contributed by atoms with Crippen molar-refractivity contribution in [3.63, 3.8) is 0 Å². The highest BCUT2D eigenvalue weighted by atomic mass is 19.1. The fourth-order valence-electron chi connectivity index (χ4n) is 3.66. The molecule has 3 rings (SSSR count). The number of hydrogen-bond acceptors (Lipinski definition) is 2. The zero-order chi connectivity index (χ0) is 15.5. The van der Waals surface area contributed by atoms with Crippen LogP contribution in [0.25, 0.3) is 0 Å². The van der Waals surface area contributed by atoms with Crippen molar-refractivity contribution in [3.8, 4) is 0 Å². The number of halogens is 1. The molecule has 120 valence electrons. The molecule has 1 amide bonds. The molecular formula is C18H24FNO2. The molecule has 0 radical (unpaired) electrons. The lowest BCUT2D eigenvalue weighted by Crippen LogP contribution is -2.32. The van der Waals surface area contributed by atoms with E-state index in [1.807, 2.05) is 11.0 Å². The highest BCUT2D eigenvalue weighted by molar-refractivity contribution is 5.77. The Kier molecular flexibility index (Phi) is 4.77. The predicted octanol–water partition coefficient (Wildman–Crippen LogP) is 3.69. The Labute approximate surface area is 131 Å². The second-order valence-corrected chi connectivity index (χ2v) is 6.60. The molecule has 3 atom stereocenters. The summed E-state index contributed by atoms with van der Waals surface area (Å²) in [5.74, 6) is 0.336. The Morgan fingerprint density at radius 2 is 2.23 bits per heavy atom. The molecular weight excluding hydrogens is 281 g/mol. The van der Waals surface area contributed by atoms with Crippen LogP contribution in [0.4, 0.5) is 4.39 Å². The van der Waals surface area contributed by atoms with Gasteiger partial charge in [-0.25, -0.2) is 4.39 Å². The van der Waals surface area contributed by atoms with Gasteiger partial charge in [0, 0.05) is 25.1 Å². The maximum absolute atomic E-state index is 14.1. The smallest absolute Gasteiger partial charge is 0.223 e. The lowest BCUT2D eigenvalue weighted by molar-refractivity contribution is -0.132. The molecule has 0 aromatic heterocycles. The third kappa shape index (κ3) is 3.32. The molecule has 2 aliphatic heterocycles. The molecule has 0 bridgehead atoms. The number of carbonyl (C=O) groups excluding carboxylic acids is 1. The van der Waals surface area contributed by atoms with E-state index in [1.54, 1.807) is 12.1 Å². The van der Waals surface area contributed by atoms with Gasteiger partial charge >= 0.3 is 0 Å². The molecule has 1 aromatic carbocycles. The highest BCUT2D eigenvalue weighted by Gasteiger charge is 2.35. The second-order valence-electron chi connectivity index (χ2n) is 6.60. The largest absolute Gasteiger partial charge is 0.378 e. The van der Waals surface area contributed by atoms with Crippen LogP contribution in [0.1, 0.15) is 50.6 Å². The van der Waals surface area contributed by atoms with Gasteiger partial charge in [0.15, 0.2) is 0 Å². The fourth-order valence-corrected chi connectivity index (χ4v) is 3.66. The summed E-state index contributed by atoms with van der Waals surface area (Å²) in [5.41, 5.74) is 0.650. The van der Waals surface area contributed by atoms with Crippen molar-refractivity contribution in [2.45, 2.75) is 51.2 Å². The van der Waals surface area contributed by atoms with Crippen LogP contribution in [0.5, 0.6) is 0 Å². The molecule has 1 aromatic rings. The van der Waals surface area contributed by atoms with Crippen molar-refractivity contribution in [1.82, 2.24) is 4.90 Å². The molecule has 0 spiro atoms. The van der Waals surface area contributed by atoms with Gasteiger partial charge in [-0.3, -0.25) is 4.79 Å². The summed E-state index contributed by atoms with van der Waals surface area (Å²) in [7, 11) is 0. The summed E-state index contributed by atoms with van der Waals surface area (Å²) in [6, 6.07) is 6.70. The molecule has 0 unspecified atom stereocenters. The molecule has 2 aliphatic rings. The summed E-state index contributed by atoms with van der Waals surface area (Å²) >= 11 is 0. The molecule has 0 saturated carbocycles. The average Bonchev–Trinajstić information content (AvgIpc) is 3.14. The van der Waals surface area contributed by atoms with E-state index in [9.17, 15) is 9.18 Å². The molecule has 4 heteroatoms. The number of nitrogens with zero attached hydrogens (tertiary/aromatic N) is 1. The van der Waals surface area contributed by atoms with E-state index in [1.165, 1.54) is 6.07 Å². The van der Waals surface area contributed by atoms with Crippen LogP contribution in [0.3, 0.4) is 0 Å². The van der Waals surface area contributed by atoms with Crippen molar-refractivity contribution >= 4 is 5.91 Å². The third-order valence-electron chi connectivity index (χ3n) is 4.80. The highest BCUT2D eigenvalue weighted by Crippen LogP contribution is 2.37. The van der Waals surface area contributed by atoms with Gasteiger partial charge in [-0.2, -0.15) is 0 Å². The summed E-state index contributed by atoms with van der Waals surface area (Å²) in [4.78, 5) is 14.5. The van der Waals surface area contributed by atoms with Gasteiger partial charge in [0.2, 0.25) is 5.91 Å². The summed E-state index contributed by atoms with van der Waals surface area (Å²) in [6.07, 6.45) is 4.51. The fraction of sp³-hybridized carbons (Fsp3) is 0.611. The van der Waals surface area contributed by atoms with Crippen LogP contribution in [-0.2, 0) is 9.53 Å². The first-order chi connectivity index (χ1) is 10.6. The number of carbonyl (C=O) groups is 1. The van der Waals surface area contributed by atoms with E-state index in [4.69, 9.17) is 4.74 Å². The standard InChI is InChI=1S/C18H24FNO2/c1-13-11-17(15-6-2-3-7-16(15)19)20(12-13)18(21)9-8-14-5-4-10-22-14/h2-3,6-7,13-14,17H,4-5,8-12H2,1H3/t13-,14+,17-/m1/s1. The maximum atomic E-state index is 14.1. The van der Waals surface area contributed by atoms with Crippen molar-refractivity contribution in [3.05, 3.63) is 35.6 Å². The number of likely N-dealkylation sites (tertiary alicyclic amines) is 1. The van der Waals surface area contributed by atoms with Crippen LogP contribution in [0.2, 0.25) is 0 Å². The van der Waals surface area contributed by atoms with Gasteiger partial charge in [-0.05, 0) is 37.7 Å². The van der Waals surface area contributed by atoms with E-state index in [2.05, 4.69) is 6.92 Å². The SMILES string of the molecule is C[C@@H]1C[C@H](c2ccccc2F)N(C(=O)CC[C@@H]2CCCO2)C1.